The van der Waals surface area contributed by atoms with E-state index in [-0.39, 0.29) is 0 Å². The highest BCUT2D eigenvalue weighted by Gasteiger charge is 1.80. The Hall–Kier alpha value is 0.0200. The van der Waals surface area contributed by atoms with Crippen molar-refractivity contribution < 1.29 is 0 Å². The topological polar surface area (TPSA) is 12.4 Å². The van der Waals surface area contributed by atoms with Crippen molar-refractivity contribution in [2.75, 3.05) is 5.75 Å². The Kier molecular flexibility index (Phi) is 5.18. The number of nitrogens with zero attached hydrogens (tertiary/aromatic N) is 1. The zero-order chi connectivity index (χ0) is 6.41. The van der Waals surface area contributed by atoms with Gasteiger partial charge >= 0.3 is 0 Å². The van der Waals surface area contributed by atoms with Crippen LogP contribution in [0.2, 0.25) is 0 Å². The highest BCUT2D eigenvalue weighted by molar-refractivity contribution is 8.12. The maximum Gasteiger partial charge on any atom is 0.0544 e. The molecule has 0 aromatic heterocycles. The standard InChI is InChI=1S/C6H13NS/c1-4-8-5-7-6(2)3/h5-6H,4H2,1-3H3/b7-5-. The molecule has 48 valence electrons. The summed E-state index contributed by atoms with van der Waals surface area (Å²) in [6.45, 7) is 6.27. The first kappa shape index (κ1) is 8.02. The molecule has 1 nitrogen and oxygen atoms in total. The van der Waals surface area contributed by atoms with Gasteiger partial charge < -0.3 is 0 Å². The van der Waals surface area contributed by atoms with Gasteiger partial charge in [-0.15, -0.1) is 11.8 Å². The third-order valence-electron chi connectivity index (χ3n) is 0.600. The summed E-state index contributed by atoms with van der Waals surface area (Å²) < 4.78 is 0. The first-order valence-electron chi connectivity index (χ1n) is 2.90. The summed E-state index contributed by atoms with van der Waals surface area (Å²) in [6.07, 6.45) is 0. The lowest BCUT2D eigenvalue weighted by Crippen LogP contribution is -1.86. The van der Waals surface area contributed by atoms with Gasteiger partial charge in [0.2, 0.25) is 0 Å². The van der Waals surface area contributed by atoms with Crippen LogP contribution in [0.4, 0.5) is 0 Å². The predicted molar refractivity (Wildman–Crippen MR) is 41.8 cm³/mol. The molecule has 0 saturated carbocycles. The van der Waals surface area contributed by atoms with Crippen molar-refractivity contribution in [3.05, 3.63) is 0 Å². The summed E-state index contributed by atoms with van der Waals surface area (Å²) in [7, 11) is 0. The summed E-state index contributed by atoms with van der Waals surface area (Å²) in [6, 6.07) is 0.453. The summed E-state index contributed by atoms with van der Waals surface area (Å²) >= 11 is 1.74. The molecule has 0 bridgehead atoms. The van der Waals surface area contributed by atoms with Gasteiger partial charge in [0, 0.05) is 6.04 Å². The molecule has 0 aromatic carbocycles. The van der Waals surface area contributed by atoms with Crippen LogP contribution in [0.1, 0.15) is 20.8 Å². The van der Waals surface area contributed by atoms with E-state index in [1.165, 1.54) is 0 Å². The number of thioether (sulfide) groups is 1. The molecule has 8 heavy (non-hydrogen) atoms. The van der Waals surface area contributed by atoms with Gasteiger partial charge in [0.05, 0.1) is 5.55 Å². The molecule has 0 aliphatic heterocycles. The lowest BCUT2D eigenvalue weighted by Gasteiger charge is -1.91. The summed E-state index contributed by atoms with van der Waals surface area (Å²) in [5.41, 5.74) is 1.92. The highest BCUT2D eigenvalue weighted by atomic mass is 32.2. The molecule has 0 aliphatic rings. The molecule has 0 amide bonds. The second kappa shape index (κ2) is 5.16. The first-order chi connectivity index (χ1) is 3.77. The van der Waals surface area contributed by atoms with Crippen LogP contribution in [-0.2, 0) is 0 Å². The van der Waals surface area contributed by atoms with Crippen molar-refractivity contribution in [3.8, 4) is 0 Å². The quantitative estimate of drug-likeness (QED) is 0.422. The Bertz CT molecular complexity index is 68.9. The van der Waals surface area contributed by atoms with Crippen molar-refractivity contribution in [1.29, 1.82) is 0 Å². The molecule has 0 radical (unpaired) electrons. The number of rotatable bonds is 3. The fourth-order valence-corrected chi connectivity index (χ4v) is 0.718. The molecule has 2 heteroatoms. The van der Waals surface area contributed by atoms with Gasteiger partial charge in [-0.05, 0) is 19.6 Å². The summed E-state index contributed by atoms with van der Waals surface area (Å²) in [5.74, 6) is 1.12. The normalized spacial score (nSPS) is 11.5. The van der Waals surface area contributed by atoms with Gasteiger partial charge in [-0.3, -0.25) is 4.99 Å². The van der Waals surface area contributed by atoms with E-state index in [0.717, 1.165) is 5.75 Å². The van der Waals surface area contributed by atoms with Crippen molar-refractivity contribution in [1.82, 2.24) is 0 Å². The SMILES string of the molecule is CCS/C=N\C(C)C. The van der Waals surface area contributed by atoms with Gasteiger partial charge in [-0.25, -0.2) is 0 Å². The average Bonchev–Trinajstić information content (AvgIpc) is 1.66. The Morgan fingerprint density at radius 1 is 1.62 bits per heavy atom. The summed E-state index contributed by atoms with van der Waals surface area (Å²) in [4.78, 5) is 4.15. The van der Waals surface area contributed by atoms with E-state index < -0.39 is 0 Å². The van der Waals surface area contributed by atoms with Gasteiger partial charge in [-0.1, -0.05) is 6.92 Å². The van der Waals surface area contributed by atoms with Crippen LogP contribution in [0, 0.1) is 0 Å². The molecular formula is C6H13NS. The second-order valence-corrected chi connectivity index (χ2v) is 2.93. The van der Waals surface area contributed by atoms with E-state index >= 15 is 0 Å². The van der Waals surface area contributed by atoms with E-state index in [0.29, 0.717) is 6.04 Å². The first-order valence-corrected chi connectivity index (χ1v) is 3.95. The fraction of sp³-hybridized carbons (Fsp3) is 0.833. The number of hydrogen-bond acceptors (Lipinski definition) is 2. The molecular weight excluding hydrogens is 118 g/mol. The van der Waals surface area contributed by atoms with E-state index in [4.69, 9.17) is 0 Å². The molecule has 0 fully saturated rings. The zero-order valence-electron chi connectivity index (χ0n) is 5.72. The van der Waals surface area contributed by atoms with Crippen LogP contribution in [0.5, 0.6) is 0 Å². The average molecular weight is 131 g/mol. The minimum absolute atomic E-state index is 0.453. The van der Waals surface area contributed by atoms with Crippen LogP contribution in [0.3, 0.4) is 0 Å². The lowest BCUT2D eigenvalue weighted by atomic mass is 10.4. The third-order valence-corrected chi connectivity index (χ3v) is 1.20. The van der Waals surface area contributed by atoms with E-state index in [9.17, 15) is 0 Å². The minimum Gasteiger partial charge on any atom is -0.284 e. The Morgan fingerprint density at radius 3 is 2.62 bits per heavy atom. The van der Waals surface area contributed by atoms with E-state index in [1.54, 1.807) is 11.8 Å². The molecule has 0 unspecified atom stereocenters. The van der Waals surface area contributed by atoms with E-state index in [1.807, 2.05) is 5.55 Å². The molecule has 0 saturated heterocycles. The monoisotopic (exact) mass is 131 g/mol. The molecule has 0 N–H and O–H groups in total. The lowest BCUT2D eigenvalue weighted by molar-refractivity contribution is 0.843. The second-order valence-electron chi connectivity index (χ2n) is 1.80. The van der Waals surface area contributed by atoms with Crippen LogP contribution in [-0.4, -0.2) is 17.3 Å². The van der Waals surface area contributed by atoms with Gasteiger partial charge in [0.25, 0.3) is 0 Å². The Morgan fingerprint density at radius 2 is 2.25 bits per heavy atom. The highest BCUT2D eigenvalue weighted by Crippen LogP contribution is 1.93. The zero-order valence-corrected chi connectivity index (χ0v) is 6.53. The maximum absolute atomic E-state index is 4.15. The van der Waals surface area contributed by atoms with Gasteiger partial charge in [0.15, 0.2) is 0 Å². The summed E-state index contributed by atoms with van der Waals surface area (Å²) in [5, 5.41) is 0. The van der Waals surface area contributed by atoms with Crippen molar-refractivity contribution in [2.45, 2.75) is 26.8 Å². The molecule has 0 aromatic rings. The van der Waals surface area contributed by atoms with Crippen LogP contribution >= 0.6 is 11.8 Å². The van der Waals surface area contributed by atoms with Gasteiger partial charge in [0.1, 0.15) is 0 Å². The molecule has 0 aliphatic carbocycles. The minimum atomic E-state index is 0.453. The number of hydrogen-bond donors (Lipinski definition) is 0. The maximum atomic E-state index is 4.15. The van der Waals surface area contributed by atoms with Crippen LogP contribution < -0.4 is 0 Å². The fourth-order valence-electron chi connectivity index (χ4n) is 0.239. The third kappa shape index (κ3) is 6.02. The van der Waals surface area contributed by atoms with Gasteiger partial charge in [-0.2, -0.15) is 0 Å². The van der Waals surface area contributed by atoms with Crippen molar-refractivity contribution in [2.24, 2.45) is 4.99 Å². The molecule has 0 heterocycles. The van der Waals surface area contributed by atoms with E-state index in [2.05, 4.69) is 25.8 Å². The van der Waals surface area contributed by atoms with Crippen molar-refractivity contribution >= 4 is 17.3 Å². The molecule has 0 atom stereocenters. The molecule has 0 rings (SSSR count). The van der Waals surface area contributed by atoms with Crippen LogP contribution in [0.15, 0.2) is 4.99 Å². The predicted octanol–water partition coefficient (Wildman–Crippen LogP) is 2.18. The van der Waals surface area contributed by atoms with Crippen molar-refractivity contribution in [3.63, 3.8) is 0 Å². The number of aliphatic imine (C=N–C) groups is 1. The Balaban J connectivity index is 3.07. The molecule has 0 spiro atoms. The largest absolute Gasteiger partial charge is 0.284 e. The Labute approximate surface area is 55.6 Å². The van der Waals surface area contributed by atoms with Crippen LogP contribution in [0.25, 0.3) is 0 Å². The smallest absolute Gasteiger partial charge is 0.0544 e.